The first-order chi connectivity index (χ1) is 20.6. The summed E-state index contributed by atoms with van der Waals surface area (Å²) in [5, 5.41) is 5.52. The predicted octanol–water partition coefficient (Wildman–Crippen LogP) is 4.47. The van der Waals surface area contributed by atoms with E-state index in [1.54, 1.807) is 30.0 Å². The summed E-state index contributed by atoms with van der Waals surface area (Å²) in [4.78, 5) is 51.4. The van der Waals surface area contributed by atoms with Crippen molar-refractivity contribution in [3.8, 4) is 11.4 Å². The second-order valence-corrected chi connectivity index (χ2v) is 11.2. The number of fused-ring (bicyclic) bond motifs is 1. The van der Waals surface area contributed by atoms with E-state index < -0.39 is 23.7 Å². The summed E-state index contributed by atoms with van der Waals surface area (Å²) in [6.07, 6.45) is 3.54. The minimum Gasteiger partial charge on any atom is -0.463 e. The van der Waals surface area contributed by atoms with Crippen LogP contribution in [0.5, 0.6) is 0 Å². The Balaban J connectivity index is 1.77. The summed E-state index contributed by atoms with van der Waals surface area (Å²) in [6.45, 7) is 12.9. The van der Waals surface area contributed by atoms with E-state index in [4.69, 9.17) is 24.2 Å². The van der Waals surface area contributed by atoms with Crippen LogP contribution in [-0.2, 0) is 25.4 Å². The molecule has 1 fully saturated rings. The number of ether oxygens (including phenoxy) is 3. The maximum atomic E-state index is 13.4. The van der Waals surface area contributed by atoms with Gasteiger partial charge in [-0.05, 0) is 71.7 Å². The topological polar surface area (TPSA) is 135 Å². The third-order valence-corrected chi connectivity index (χ3v) is 6.89. The van der Waals surface area contributed by atoms with Crippen molar-refractivity contribution in [2.45, 2.75) is 59.1 Å². The second kappa shape index (κ2) is 14.3. The number of rotatable bonds is 8. The van der Waals surface area contributed by atoms with E-state index in [0.717, 1.165) is 16.9 Å². The molecule has 12 nitrogen and oxygen atoms in total. The summed E-state index contributed by atoms with van der Waals surface area (Å²) in [6, 6.07) is 6.54. The predicted molar refractivity (Wildman–Crippen MR) is 163 cm³/mol. The Hall–Kier alpha value is -4.19. The van der Waals surface area contributed by atoms with Gasteiger partial charge in [0.25, 0.3) is 0 Å². The molecule has 232 valence electrons. The quantitative estimate of drug-likeness (QED) is 0.335. The van der Waals surface area contributed by atoms with Crippen molar-refractivity contribution in [2.24, 2.45) is 0 Å². The molecular weight excluding hydrogens is 552 g/mol. The number of esters is 1. The van der Waals surface area contributed by atoms with Crippen LogP contribution in [0.1, 0.15) is 58.3 Å². The van der Waals surface area contributed by atoms with Gasteiger partial charge in [0.1, 0.15) is 11.4 Å². The lowest BCUT2D eigenvalue weighted by atomic mass is 9.94. The number of urea groups is 1. The van der Waals surface area contributed by atoms with Crippen molar-refractivity contribution in [1.29, 1.82) is 0 Å². The molecule has 0 radical (unpaired) electrons. The number of morpholine rings is 1. The first-order valence-electron chi connectivity index (χ1n) is 14.8. The number of hydrogen-bond acceptors (Lipinski definition) is 9. The Bertz CT molecular complexity index is 1320. The molecular formula is C31H42N6O6. The van der Waals surface area contributed by atoms with Crippen LogP contribution in [0.4, 0.5) is 21.1 Å². The largest absolute Gasteiger partial charge is 0.463 e. The van der Waals surface area contributed by atoms with Gasteiger partial charge in [-0.2, -0.15) is 0 Å². The van der Waals surface area contributed by atoms with Crippen molar-refractivity contribution < 1.29 is 28.6 Å². The maximum Gasteiger partial charge on any atom is 0.410 e. The van der Waals surface area contributed by atoms with Gasteiger partial charge in [-0.15, -0.1) is 0 Å². The van der Waals surface area contributed by atoms with Crippen LogP contribution in [0.25, 0.3) is 11.4 Å². The molecule has 3 amide bonds. The minimum atomic E-state index is -0.678. The van der Waals surface area contributed by atoms with E-state index in [9.17, 15) is 14.4 Å². The van der Waals surface area contributed by atoms with E-state index in [1.807, 2.05) is 39.8 Å². The number of carbonyl (C=O) groups excluding carboxylic acids is 3. The average Bonchev–Trinajstić information content (AvgIpc) is 2.97. The highest BCUT2D eigenvalue weighted by Gasteiger charge is 2.37. The van der Waals surface area contributed by atoms with Gasteiger partial charge in [-0.25, -0.2) is 24.4 Å². The molecule has 3 heterocycles. The molecule has 1 aromatic carbocycles. The molecule has 0 aliphatic carbocycles. The van der Waals surface area contributed by atoms with Crippen molar-refractivity contribution in [2.75, 3.05) is 56.2 Å². The number of anilines is 2. The number of nitrogens with one attached hydrogen (secondary N) is 2. The summed E-state index contributed by atoms with van der Waals surface area (Å²) >= 11 is 0. The second-order valence-electron chi connectivity index (χ2n) is 11.2. The molecule has 1 atom stereocenters. The maximum absolute atomic E-state index is 13.4. The molecule has 1 saturated heterocycles. The van der Waals surface area contributed by atoms with Crippen LogP contribution in [0.2, 0.25) is 0 Å². The SMILES string of the molecule is CCNC(=O)Nc1ccc(-c2nc3c(c(N4CCOCC4)n2)CCN(C(=O)OC(C)(C)C)C3C/C=C/C(=O)OCC)cc1. The van der Waals surface area contributed by atoms with Crippen LogP contribution in [0.3, 0.4) is 0 Å². The molecule has 0 bridgehead atoms. The Labute approximate surface area is 252 Å². The fourth-order valence-electron chi connectivity index (χ4n) is 5.01. The fourth-order valence-corrected chi connectivity index (χ4v) is 5.01. The van der Waals surface area contributed by atoms with Crippen LogP contribution >= 0.6 is 0 Å². The first-order valence-corrected chi connectivity index (χ1v) is 14.8. The summed E-state index contributed by atoms with van der Waals surface area (Å²) in [7, 11) is 0. The number of hydrogen-bond donors (Lipinski definition) is 2. The van der Waals surface area contributed by atoms with E-state index >= 15 is 0 Å². The molecule has 2 aliphatic heterocycles. The van der Waals surface area contributed by atoms with E-state index in [-0.39, 0.29) is 12.6 Å². The Morgan fingerprint density at radius 1 is 1.07 bits per heavy atom. The third kappa shape index (κ3) is 8.44. The zero-order valence-electron chi connectivity index (χ0n) is 25.6. The van der Waals surface area contributed by atoms with Crippen LogP contribution in [0.15, 0.2) is 36.4 Å². The van der Waals surface area contributed by atoms with E-state index in [0.29, 0.717) is 69.4 Å². The van der Waals surface area contributed by atoms with Gasteiger partial charge in [0, 0.05) is 49.1 Å². The third-order valence-electron chi connectivity index (χ3n) is 6.89. The van der Waals surface area contributed by atoms with Gasteiger partial charge >= 0.3 is 18.1 Å². The average molecular weight is 595 g/mol. The zero-order chi connectivity index (χ0) is 31.0. The van der Waals surface area contributed by atoms with Crippen LogP contribution < -0.4 is 15.5 Å². The van der Waals surface area contributed by atoms with Gasteiger partial charge in [-0.1, -0.05) is 6.08 Å². The van der Waals surface area contributed by atoms with E-state index in [2.05, 4.69) is 15.5 Å². The van der Waals surface area contributed by atoms with Crippen LogP contribution in [0, 0.1) is 0 Å². The smallest absolute Gasteiger partial charge is 0.410 e. The minimum absolute atomic E-state index is 0.274. The normalized spacial score (nSPS) is 16.9. The summed E-state index contributed by atoms with van der Waals surface area (Å²) in [5.41, 5.74) is 2.40. The lowest BCUT2D eigenvalue weighted by molar-refractivity contribution is -0.137. The first kappa shape index (κ1) is 31.7. The number of nitrogens with zero attached hydrogens (tertiary/aromatic N) is 4. The lowest BCUT2D eigenvalue weighted by Crippen LogP contribution is -2.45. The molecule has 4 rings (SSSR count). The number of carbonyl (C=O) groups is 3. The lowest BCUT2D eigenvalue weighted by Gasteiger charge is -2.39. The highest BCUT2D eigenvalue weighted by atomic mass is 16.6. The summed E-state index contributed by atoms with van der Waals surface area (Å²) < 4.78 is 16.4. The highest BCUT2D eigenvalue weighted by Crippen LogP contribution is 2.38. The zero-order valence-corrected chi connectivity index (χ0v) is 25.6. The number of benzene rings is 1. The monoisotopic (exact) mass is 594 g/mol. The summed E-state index contributed by atoms with van der Waals surface area (Å²) in [5.74, 6) is 0.868. The molecule has 43 heavy (non-hydrogen) atoms. The number of aromatic nitrogens is 2. The van der Waals surface area contributed by atoms with Crippen molar-refractivity contribution in [3.63, 3.8) is 0 Å². The van der Waals surface area contributed by atoms with Gasteiger partial charge < -0.3 is 29.7 Å². The Kier molecular flexibility index (Phi) is 10.6. The number of amides is 3. The Morgan fingerprint density at radius 3 is 2.44 bits per heavy atom. The van der Waals surface area contributed by atoms with Crippen molar-refractivity contribution >= 4 is 29.6 Å². The molecule has 1 unspecified atom stereocenters. The molecule has 2 N–H and O–H groups in total. The van der Waals surface area contributed by atoms with Crippen LogP contribution in [-0.4, -0.2) is 84.6 Å². The van der Waals surface area contributed by atoms with Crippen molar-refractivity contribution in [3.05, 3.63) is 47.7 Å². The van der Waals surface area contributed by atoms with E-state index in [1.165, 1.54) is 6.08 Å². The molecule has 12 heteroatoms. The molecule has 0 spiro atoms. The molecule has 0 saturated carbocycles. The molecule has 2 aliphatic rings. The van der Waals surface area contributed by atoms with Gasteiger partial charge in [-0.3, -0.25) is 4.90 Å². The highest BCUT2D eigenvalue weighted by molar-refractivity contribution is 5.89. The van der Waals surface area contributed by atoms with Gasteiger partial charge in [0.15, 0.2) is 5.82 Å². The van der Waals surface area contributed by atoms with Crippen molar-refractivity contribution in [1.82, 2.24) is 20.2 Å². The fraction of sp³-hybridized carbons (Fsp3) is 0.516. The molecule has 2 aromatic rings. The van der Waals surface area contributed by atoms with Gasteiger partial charge in [0.05, 0.1) is 31.6 Å². The molecule has 1 aromatic heterocycles. The Morgan fingerprint density at radius 2 is 1.79 bits per heavy atom. The standard InChI is InChI=1S/C31H42N6O6/c1-6-32-29(39)33-22-13-11-21(12-14-22)27-34-26-23(28(35-27)36-17-19-41-20-18-36)15-16-37(30(40)43-31(3,4)5)24(26)9-8-10-25(38)42-7-2/h8,10-14,24H,6-7,9,15-20H2,1-5H3,(H2,32,33,39)/b10-8+. The van der Waals surface area contributed by atoms with Gasteiger partial charge in [0.2, 0.25) is 0 Å².